The van der Waals surface area contributed by atoms with Crippen LogP contribution in [0.5, 0.6) is 0 Å². The van der Waals surface area contributed by atoms with Gasteiger partial charge in [-0.2, -0.15) is 0 Å². The van der Waals surface area contributed by atoms with Gasteiger partial charge in [0.15, 0.2) is 0 Å². The second-order valence-electron chi connectivity index (χ2n) is 7.18. The summed E-state index contributed by atoms with van der Waals surface area (Å²) in [6.45, 7) is 8.12. The standard InChI is InChI=1S/C20H41N/c1-6-19(2)16-14-12-10-8-7-9-11-13-15-17-20(3)18-21(4)5/h16,20H,6-15,17-18H2,1-5H3/b19-16+. The maximum absolute atomic E-state index is 2.43. The molecular weight excluding hydrogens is 254 g/mol. The van der Waals surface area contributed by atoms with Gasteiger partial charge in [0.2, 0.25) is 0 Å². The highest BCUT2D eigenvalue weighted by Crippen LogP contribution is 2.14. The van der Waals surface area contributed by atoms with E-state index in [4.69, 9.17) is 0 Å². The lowest BCUT2D eigenvalue weighted by Gasteiger charge is -2.16. The lowest BCUT2D eigenvalue weighted by molar-refractivity contribution is 0.321. The van der Waals surface area contributed by atoms with Gasteiger partial charge in [-0.25, -0.2) is 0 Å². The molecule has 1 unspecified atom stereocenters. The van der Waals surface area contributed by atoms with Crippen LogP contribution in [0.4, 0.5) is 0 Å². The van der Waals surface area contributed by atoms with Gasteiger partial charge in [-0.1, -0.05) is 70.4 Å². The van der Waals surface area contributed by atoms with Crippen molar-refractivity contribution in [2.45, 2.75) is 91.4 Å². The molecule has 0 spiro atoms. The van der Waals surface area contributed by atoms with E-state index in [1.807, 2.05) is 0 Å². The largest absolute Gasteiger partial charge is 0.309 e. The molecule has 1 nitrogen and oxygen atoms in total. The average molecular weight is 296 g/mol. The molecule has 0 aromatic rings. The molecule has 126 valence electrons. The first kappa shape index (κ1) is 20.7. The molecule has 0 aliphatic heterocycles. The van der Waals surface area contributed by atoms with Crippen LogP contribution in [0, 0.1) is 5.92 Å². The molecule has 0 bridgehead atoms. The van der Waals surface area contributed by atoms with Crippen LogP contribution >= 0.6 is 0 Å². The Labute approximate surface area is 135 Å². The van der Waals surface area contributed by atoms with Crippen molar-refractivity contribution in [3.63, 3.8) is 0 Å². The molecule has 0 saturated carbocycles. The number of rotatable bonds is 14. The van der Waals surface area contributed by atoms with Gasteiger partial charge in [0, 0.05) is 6.54 Å². The molecule has 0 radical (unpaired) electrons. The Morgan fingerprint density at radius 2 is 1.43 bits per heavy atom. The Balaban J connectivity index is 3.19. The van der Waals surface area contributed by atoms with E-state index in [1.54, 1.807) is 5.57 Å². The van der Waals surface area contributed by atoms with Crippen molar-refractivity contribution < 1.29 is 0 Å². The number of unbranched alkanes of at least 4 members (excludes halogenated alkanes) is 8. The van der Waals surface area contributed by atoms with Gasteiger partial charge in [-0.15, -0.1) is 0 Å². The summed E-state index contributed by atoms with van der Waals surface area (Å²) in [5.41, 5.74) is 1.55. The van der Waals surface area contributed by atoms with Crippen molar-refractivity contribution in [3.05, 3.63) is 11.6 Å². The maximum atomic E-state index is 2.43. The third-order valence-corrected chi connectivity index (χ3v) is 4.38. The van der Waals surface area contributed by atoms with E-state index in [2.05, 4.69) is 45.8 Å². The van der Waals surface area contributed by atoms with Crippen molar-refractivity contribution in [1.82, 2.24) is 4.90 Å². The summed E-state index contributed by atoms with van der Waals surface area (Å²) in [6, 6.07) is 0. The summed E-state index contributed by atoms with van der Waals surface area (Å²) in [6.07, 6.45) is 17.8. The third-order valence-electron chi connectivity index (χ3n) is 4.38. The van der Waals surface area contributed by atoms with Gasteiger partial charge < -0.3 is 4.90 Å². The molecule has 0 heterocycles. The van der Waals surface area contributed by atoms with E-state index in [0.29, 0.717) is 0 Å². The minimum absolute atomic E-state index is 0.861. The summed E-state index contributed by atoms with van der Waals surface area (Å²) < 4.78 is 0. The van der Waals surface area contributed by atoms with Crippen LogP contribution in [0.25, 0.3) is 0 Å². The molecule has 0 aromatic heterocycles. The second-order valence-corrected chi connectivity index (χ2v) is 7.18. The van der Waals surface area contributed by atoms with E-state index in [9.17, 15) is 0 Å². The van der Waals surface area contributed by atoms with Crippen LogP contribution in [0.3, 0.4) is 0 Å². The number of allylic oxidation sites excluding steroid dienone is 2. The van der Waals surface area contributed by atoms with Crippen LogP contribution in [0.1, 0.15) is 91.4 Å². The molecule has 0 aliphatic carbocycles. The van der Waals surface area contributed by atoms with E-state index in [-0.39, 0.29) is 0 Å². The fourth-order valence-corrected chi connectivity index (χ4v) is 2.91. The summed E-state index contributed by atoms with van der Waals surface area (Å²) in [5.74, 6) is 0.861. The van der Waals surface area contributed by atoms with Crippen molar-refractivity contribution in [1.29, 1.82) is 0 Å². The third kappa shape index (κ3) is 15.9. The first-order valence-electron chi connectivity index (χ1n) is 9.36. The fourth-order valence-electron chi connectivity index (χ4n) is 2.91. The molecule has 1 atom stereocenters. The topological polar surface area (TPSA) is 3.24 Å². The van der Waals surface area contributed by atoms with Gasteiger partial charge in [-0.3, -0.25) is 0 Å². The Bertz CT molecular complexity index is 242. The highest BCUT2D eigenvalue weighted by Gasteiger charge is 2.02. The Hall–Kier alpha value is -0.300. The van der Waals surface area contributed by atoms with Crippen LogP contribution in [0.2, 0.25) is 0 Å². The number of hydrogen-bond donors (Lipinski definition) is 0. The molecule has 0 aromatic carbocycles. The molecule has 21 heavy (non-hydrogen) atoms. The van der Waals surface area contributed by atoms with Crippen LogP contribution < -0.4 is 0 Å². The molecule has 0 saturated heterocycles. The van der Waals surface area contributed by atoms with Crippen LogP contribution in [-0.2, 0) is 0 Å². The Kier molecular flexibility index (Phi) is 14.4. The molecule has 0 fully saturated rings. The van der Waals surface area contributed by atoms with Gasteiger partial charge >= 0.3 is 0 Å². The van der Waals surface area contributed by atoms with Gasteiger partial charge in [-0.05, 0) is 52.6 Å². The minimum atomic E-state index is 0.861. The Morgan fingerprint density at radius 1 is 0.905 bits per heavy atom. The van der Waals surface area contributed by atoms with E-state index in [1.165, 1.54) is 77.2 Å². The van der Waals surface area contributed by atoms with E-state index < -0.39 is 0 Å². The van der Waals surface area contributed by atoms with Gasteiger partial charge in [0.05, 0.1) is 0 Å². The lowest BCUT2D eigenvalue weighted by Crippen LogP contribution is -2.19. The van der Waals surface area contributed by atoms with Crippen molar-refractivity contribution in [2.24, 2.45) is 5.92 Å². The molecular formula is C20H41N. The molecule has 1 heteroatoms. The van der Waals surface area contributed by atoms with Crippen LogP contribution in [-0.4, -0.2) is 25.5 Å². The zero-order valence-electron chi connectivity index (χ0n) is 15.6. The minimum Gasteiger partial charge on any atom is -0.309 e. The predicted molar refractivity (Wildman–Crippen MR) is 97.9 cm³/mol. The van der Waals surface area contributed by atoms with Crippen molar-refractivity contribution in [2.75, 3.05) is 20.6 Å². The highest BCUT2D eigenvalue weighted by molar-refractivity contribution is 4.96. The quantitative estimate of drug-likeness (QED) is 0.263. The predicted octanol–water partition coefficient (Wildman–Crippen LogP) is 6.44. The zero-order chi connectivity index (χ0) is 15.9. The monoisotopic (exact) mass is 295 g/mol. The molecule has 0 aliphatic rings. The summed E-state index contributed by atoms with van der Waals surface area (Å²) in [4.78, 5) is 2.31. The maximum Gasteiger partial charge on any atom is 0.0000920 e. The molecule has 0 amide bonds. The highest BCUT2D eigenvalue weighted by atomic mass is 15.1. The first-order valence-corrected chi connectivity index (χ1v) is 9.36. The first-order chi connectivity index (χ1) is 10.1. The number of nitrogens with zero attached hydrogens (tertiary/aromatic N) is 1. The average Bonchev–Trinajstić information content (AvgIpc) is 2.43. The van der Waals surface area contributed by atoms with E-state index in [0.717, 1.165) is 5.92 Å². The normalized spacial score (nSPS) is 13.9. The smallest absolute Gasteiger partial charge is 0.0000920 e. The van der Waals surface area contributed by atoms with Crippen molar-refractivity contribution >= 4 is 0 Å². The SMILES string of the molecule is CC/C(C)=C/CCCCCCCCCCC(C)CN(C)C. The molecule has 0 N–H and O–H groups in total. The van der Waals surface area contributed by atoms with Crippen LogP contribution in [0.15, 0.2) is 11.6 Å². The van der Waals surface area contributed by atoms with E-state index >= 15 is 0 Å². The second kappa shape index (κ2) is 14.6. The lowest BCUT2D eigenvalue weighted by atomic mass is 10.0. The van der Waals surface area contributed by atoms with Gasteiger partial charge in [0.25, 0.3) is 0 Å². The fraction of sp³-hybridized carbons (Fsp3) is 0.900. The molecule has 0 rings (SSSR count). The number of hydrogen-bond acceptors (Lipinski definition) is 1. The summed E-state index contributed by atoms with van der Waals surface area (Å²) in [5, 5.41) is 0. The van der Waals surface area contributed by atoms with Crippen molar-refractivity contribution in [3.8, 4) is 0 Å². The summed E-state index contributed by atoms with van der Waals surface area (Å²) in [7, 11) is 4.35. The summed E-state index contributed by atoms with van der Waals surface area (Å²) >= 11 is 0. The van der Waals surface area contributed by atoms with Gasteiger partial charge in [0.1, 0.15) is 0 Å². The Morgan fingerprint density at radius 3 is 1.95 bits per heavy atom. The zero-order valence-corrected chi connectivity index (χ0v) is 15.6.